The Morgan fingerprint density at radius 2 is 1.21 bits per heavy atom. The van der Waals surface area contributed by atoms with Crippen molar-refractivity contribution in [3.8, 4) is 33.9 Å². The second-order valence-electron chi connectivity index (χ2n) is 6.34. The Morgan fingerprint density at radius 1 is 0.607 bits per heavy atom. The van der Waals surface area contributed by atoms with E-state index in [1.165, 1.54) is 21.2 Å². The van der Waals surface area contributed by atoms with Gasteiger partial charge in [0.05, 0.1) is 0 Å². The van der Waals surface area contributed by atoms with Crippen LogP contribution in [0.1, 0.15) is 0 Å². The van der Waals surface area contributed by atoms with Crippen molar-refractivity contribution in [3.63, 3.8) is 0 Å². The standard InChI is InChI=1S/C23H14ClN3S/c24-23-26-21(16-6-2-1-3-7-16)25-22(27-23)17-12-10-15(11-13-17)19-14-28-20-9-5-4-8-18(19)20/h1-14H. The normalized spacial score (nSPS) is 11.0. The molecule has 0 unspecified atom stereocenters. The van der Waals surface area contributed by atoms with Crippen LogP contribution >= 0.6 is 22.9 Å². The van der Waals surface area contributed by atoms with Gasteiger partial charge in [0.2, 0.25) is 5.28 Å². The van der Waals surface area contributed by atoms with Crippen molar-refractivity contribution in [2.45, 2.75) is 0 Å². The molecular formula is C23H14ClN3S. The maximum absolute atomic E-state index is 6.17. The van der Waals surface area contributed by atoms with Gasteiger partial charge in [-0.25, -0.2) is 4.98 Å². The van der Waals surface area contributed by atoms with E-state index >= 15 is 0 Å². The van der Waals surface area contributed by atoms with Gasteiger partial charge in [-0.3, -0.25) is 0 Å². The van der Waals surface area contributed by atoms with E-state index in [4.69, 9.17) is 11.6 Å². The molecule has 5 aromatic rings. The van der Waals surface area contributed by atoms with Crippen LogP contribution in [0.15, 0.2) is 84.2 Å². The average molecular weight is 400 g/mol. The van der Waals surface area contributed by atoms with Gasteiger partial charge in [-0.2, -0.15) is 9.97 Å². The number of thiophene rings is 1. The molecule has 2 heterocycles. The highest BCUT2D eigenvalue weighted by molar-refractivity contribution is 7.17. The van der Waals surface area contributed by atoms with E-state index in [-0.39, 0.29) is 5.28 Å². The fraction of sp³-hybridized carbons (Fsp3) is 0. The van der Waals surface area contributed by atoms with Crippen molar-refractivity contribution in [3.05, 3.63) is 89.5 Å². The van der Waals surface area contributed by atoms with E-state index in [2.05, 4.69) is 56.7 Å². The molecule has 5 heteroatoms. The lowest BCUT2D eigenvalue weighted by atomic mass is 10.0. The molecule has 0 amide bonds. The number of fused-ring (bicyclic) bond motifs is 1. The molecular weight excluding hydrogens is 386 g/mol. The lowest BCUT2D eigenvalue weighted by Crippen LogP contribution is -1.97. The molecule has 0 aliphatic carbocycles. The third kappa shape index (κ3) is 3.17. The number of nitrogens with zero attached hydrogens (tertiary/aromatic N) is 3. The van der Waals surface area contributed by atoms with Crippen LogP contribution in [0.5, 0.6) is 0 Å². The van der Waals surface area contributed by atoms with Crippen molar-refractivity contribution < 1.29 is 0 Å². The van der Waals surface area contributed by atoms with E-state index in [0.717, 1.165) is 11.1 Å². The number of benzene rings is 3. The van der Waals surface area contributed by atoms with Gasteiger partial charge in [-0.15, -0.1) is 11.3 Å². The quantitative estimate of drug-likeness (QED) is 0.337. The Morgan fingerprint density at radius 3 is 1.96 bits per heavy atom. The van der Waals surface area contributed by atoms with Gasteiger partial charge in [0.25, 0.3) is 0 Å². The fourth-order valence-electron chi connectivity index (χ4n) is 3.20. The van der Waals surface area contributed by atoms with E-state index < -0.39 is 0 Å². The number of halogens is 1. The maximum atomic E-state index is 6.17. The van der Waals surface area contributed by atoms with Crippen LogP contribution in [0, 0.1) is 0 Å². The van der Waals surface area contributed by atoms with E-state index in [9.17, 15) is 0 Å². The molecule has 28 heavy (non-hydrogen) atoms. The molecule has 0 aliphatic rings. The molecule has 0 aliphatic heterocycles. The summed E-state index contributed by atoms with van der Waals surface area (Å²) in [5.41, 5.74) is 4.23. The Labute approximate surface area is 171 Å². The summed E-state index contributed by atoms with van der Waals surface area (Å²) in [4.78, 5) is 13.2. The van der Waals surface area contributed by atoms with Crippen LogP contribution in [0.3, 0.4) is 0 Å². The van der Waals surface area contributed by atoms with Gasteiger partial charge < -0.3 is 0 Å². The minimum absolute atomic E-state index is 0.191. The first-order chi connectivity index (χ1) is 13.8. The van der Waals surface area contributed by atoms with Crippen LogP contribution in [0.4, 0.5) is 0 Å². The summed E-state index contributed by atoms with van der Waals surface area (Å²) in [7, 11) is 0. The van der Waals surface area contributed by atoms with Crippen LogP contribution in [0.25, 0.3) is 44.0 Å². The minimum atomic E-state index is 0.191. The van der Waals surface area contributed by atoms with E-state index in [0.29, 0.717) is 11.6 Å². The monoisotopic (exact) mass is 399 g/mol. The number of hydrogen-bond acceptors (Lipinski definition) is 4. The van der Waals surface area contributed by atoms with Gasteiger partial charge in [0.1, 0.15) is 0 Å². The Hall–Kier alpha value is -3.08. The Kier molecular flexibility index (Phi) is 4.35. The fourth-order valence-corrected chi connectivity index (χ4v) is 4.33. The molecule has 0 bridgehead atoms. The van der Waals surface area contributed by atoms with Gasteiger partial charge >= 0.3 is 0 Å². The average Bonchev–Trinajstić information content (AvgIpc) is 3.18. The second-order valence-corrected chi connectivity index (χ2v) is 7.59. The van der Waals surface area contributed by atoms with Crippen molar-refractivity contribution in [1.29, 1.82) is 0 Å². The summed E-state index contributed by atoms with van der Waals surface area (Å²) in [6.45, 7) is 0. The molecule has 2 aromatic heterocycles. The van der Waals surface area contributed by atoms with Crippen molar-refractivity contribution in [2.75, 3.05) is 0 Å². The third-order valence-electron chi connectivity index (χ3n) is 4.58. The molecule has 0 radical (unpaired) electrons. The molecule has 5 rings (SSSR count). The van der Waals surface area contributed by atoms with Crippen molar-refractivity contribution in [2.24, 2.45) is 0 Å². The predicted octanol–water partition coefficient (Wildman–Crippen LogP) is 6.74. The molecule has 0 spiro atoms. The van der Waals surface area contributed by atoms with Gasteiger partial charge in [-0.05, 0) is 28.6 Å². The Balaban J connectivity index is 1.54. The Bertz CT molecular complexity index is 1260. The molecule has 0 N–H and O–H groups in total. The first kappa shape index (κ1) is 17.0. The third-order valence-corrected chi connectivity index (χ3v) is 5.71. The topological polar surface area (TPSA) is 38.7 Å². The van der Waals surface area contributed by atoms with Gasteiger partial charge in [0.15, 0.2) is 11.6 Å². The second kappa shape index (κ2) is 7.15. The zero-order valence-electron chi connectivity index (χ0n) is 14.7. The van der Waals surface area contributed by atoms with Crippen molar-refractivity contribution >= 4 is 33.0 Å². The zero-order valence-corrected chi connectivity index (χ0v) is 16.3. The highest BCUT2D eigenvalue weighted by atomic mass is 35.5. The lowest BCUT2D eigenvalue weighted by Gasteiger charge is -2.06. The van der Waals surface area contributed by atoms with E-state index in [1.54, 1.807) is 11.3 Å². The summed E-state index contributed by atoms with van der Waals surface area (Å²) in [5.74, 6) is 1.14. The van der Waals surface area contributed by atoms with Gasteiger partial charge in [0, 0.05) is 26.8 Å². The first-order valence-corrected chi connectivity index (χ1v) is 10.1. The van der Waals surface area contributed by atoms with E-state index in [1.807, 2.05) is 42.5 Å². The summed E-state index contributed by atoms with van der Waals surface area (Å²) < 4.78 is 1.29. The maximum Gasteiger partial charge on any atom is 0.226 e. The molecule has 0 fully saturated rings. The lowest BCUT2D eigenvalue weighted by molar-refractivity contribution is 1.07. The first-order valence-electron chi connectivity index (χ1n) is 8.82. The largest absolute Gasteiger partial charge is 0.226 e. The summed E-state index contributed by atoms with van der Waals surface area (Å²) in [5, 5.41) is 3.67. The molecule has 0 saturated heterocycles. The van der Waals surface area contributed by atoms with Crippen LogP contribution in [-0.2, 0) is 0 Å². The minimum Gasteiger partial charge on any atom is -0.208 e. The highest BCUT2D eigenvalue weighted by Gasteiger charge is 2.11. The smallest absolute Gasteiger partial charge is 0.208 e. The molecule has 0 saturated carbocycles. The van der Waals surface area contributed by atoms with Gasteiger partial charge in [-0.1, -0.05) is 72.8 Å². The van der Waals surface area contributed by atoms with Crippen molar-refractivity contribution in [1.82, 2.24) is 15.0 Å². The number of hydrogen-bond donors (Lipinski definition) is 0. The zero-order chi connectivity index (χ0) is 18.9. The highest BCUT2D eigenvalue weighted by Crippen LogP contribution is 2.34. The number of rotatable bonds is 3. The van der Waals surface area contributed by atoms with Crippen LogP contribution < -0.4 is 0 Å². The number of aromatic nitrogens is 3. The summed E-state index contributed by atoms with van der Waals surface area (Å²) >= 11 is 7.93. The molecule has 3 nitrogen and oxygen atoms in total. The molecule has 3 aromatic carbocycles. The summed E-state index contributed by atoms with van der Waals surface area (Å²) in [6, 6.07) is 26.5. The SMILES string of the molecule is Clc1nc(-c2ccccc2)nc(-c2ccc(-c3csc4ccccc34)cc2)n1. The van der Waals surface area contributed by atoms with Crippen LogP contribution in [-0.4, -0.2) is 15.0 Å². The van der Waals surface area contributed by atoms with Crippen LogP contribution in [0.2, 0.25) is 5.28 Å². The summed E-state index contributed by atoms with van der Waals surface area (Å²) in [6.07, 6.45) is 0. The predicted molar refractivity (Wildman–Crippen MR) is 117 cm³/mol. The molecule has 0 atom stereocenters. The molecule has 134 valence electrons.